The summed E-state index contributed by atoms with van der Waals surface area (Å²) < 4.78 is 52.1. The van der Waals surface area contributed by atoms with Crippen molar-refractivity contribution in [3.8, 4) is 17.2 Å². The molecule has 11 heteroatoms. The molecule has 0 radical (unpaired) electrons. The van der Waals surface area contributed by atoms with E-state index in [4.69, 9.17) is 14.6 Å². The molecule has 1 heterocycles. The number of nitrogens with zero attached hydrogens (tertiary/aromatic N) is 1. The number of amides is 1. The highest BCUT2D eigenvalue weighted by Crippen LogP contribution is 2.47. The fourth-order valence-electron chi connectivity index (χ4n) is 3.17. The lowest BCUT2D eigenvalue weighted by Gasteiger charge is -2.27. The number of ether oxygens (including phenoxy) is 3. The summed E-state index contributed by atoms with van der Waals surface area (Å²) in [6.07, 6.45) is -5.85. The Morgan fingerprint density at radius 2 is 1.88 bits per heavy atom. The largest absolute Gasteiger partial charge is 0.573 e. The summed E-state index contributed by atoms with van der Waals surface area (Å²) in [5.41, 5.74) is 1.21. The summed E-state index contributed by atoms with van der Waals surface area (Å²) in [4.78, 5) is 14.2. The number of thioether (sulfide) groups is 1. The van der Waals surface area contributed by atoms with Gasteiger partial charge in [-0.05, 0) is 29.8 Å². The molecule has 2 atom stereocenters. The number of alkyl halides is 3. The summed E-state index contributed by atoms with van der Waals surface area (Å²) in [5, 5.41) is 18.2. The Morgan fingerprint density at radius 3 is 2.50 bits per heavy atom. The first-order chi connectivity index (χ1) is 15.2. The summed E-state index contributed by atoms with van der Waals surface area (Å²) in [7, 11) is 1.48. The molecule has 0 aromatic heterocycles. The number of hydrogen-bond donors (Lipinski definition) is 2. The Balaban J connectivity index is 1.84. The van der Waals surface area contributed by atoms with Gasteiger partial charge in [0.15, 0.2) is 0 Å². The second-order valence-corrected chi connectivity index (χ2v) is 7.96. The second-order valence-electron chi connectivity index (χ2n) is 6.90. The van der Waals surface area contributed by atoms with Crippen LogP contribution in [-0.4, -0.2) is 59.6 Å². The molecule has 2 aromatic carbocycles. The molecule has 1 aliphatic rings. The zero-order valence-corrected chi connectivity index (χ0v) is 17.9. The molecule has 174 valence electrons. The van der Waals surface area contributed by atoms with Gasteiger partial charge >= 0.3 is 6.36 Å². The van der Waals surface area contributed by atoms with Gasteiger partial charge in [0.05, 0.1) is 25.0 Å². The third-order valence-corrected chi connectivity index (χ3v) is 5.83. The second kappa shape index (κ2) is 10.3. The molecule has 0 bridgehead atoms. The minimum Gasteiger partial charge on any atom is -0.496 e. The number of aliphatic hydroxyl groups excluding tert-OH is 2. The van der Waals surface area contributed by atoms with Crippen LogP contribution in [0.3, 0.4) is 0 Å². The molecule has 32 heavy (non-hydrogen) atoms. The minimum absolute atomic E-state index is 0.150. The fraction of sp³-hybridized carbons (Fsp3) is 0.381. The standard InChI is InChI=1S/C21H22F3NO6S/c1-29-16-3-2-4-17(30-11-14(27)10-26)19(16)20-25(18(28)12-32-20)9-13-5-7-15(8-6-13)31-21(22,23)24/h2-8,14,20,26-27H,9-12H2,1H3/t14-,20?/m1/s1. The van der Waals surface area contributed by atoms with E-state index in [1.807, 2.05) is 0 Å². The Kier molecular flexibility index (Phi) is 7.75. The molecule has 1 amide bonds. The maximum Gasteiger partial charge on any atom is 0.573 e. The van der Waals surface area contributed by atoms with Crippen LogP contribution in [-0.2, 0) is 11.3 Å². The fourth-order valence-corrected chi connectivity index (χ4v) is 4.40. The third kappa shape index (κ3) is 5.99. The van der Waals surface area contributed by atoms with Gasteiger partial charge in [-0.3, -0.25) is 4.79 Å². The van der Waals surface area contributed by atoms with E-state index >= 15 is 0 Å². The van der Waals surface area contributed by atoms with E-state index in [2.05, 4.69) is 4.74 Å². The van der Waals surface area contributed by atoms with Crippen molar-refractivity contribution in [3.05, 3.63) is 53.6 Å². The molecule has 0 spiro atoms. The van der Waals surface area contributed by atoms with Crippen molar-refractivity contribution in [3.63, 3.8) is 0 Å². The van der Waals surface area contributed by atoms with Gasteiger partial charge in [-0.15, -0.1) is 24.9 Å². The highest BCUT2D eigenvalue weighted by molar-refractivity contribution is 8.00. The van der Waals surface area contributed by atoms with Gasteiger partial charge in [-0.1, -0.05) is 18.2 Å². The van der Waals surface area contributed by atoms with E-state index in [0.29, 0.717) is 22.6 Å². The van der Waals surface area contributed by atoms with Crippen LogP contribution < -0.4 is 14.2 Å². The maximum absolute atomic E-state index is 12.6. The zero-order valence-electron chi connectivity index (χ0n) is 17.0. The molecular formula is C21H22F3NO6S. The van der Waals surface area contributed by atoms with Crippen molar-refractivity contribution in [1.29, 1.82) is 0 Å². The first-order valence-electron chi connectivity index (χ1n) is 9.56. The van der Waals surface area contributed by atoms with Gasteiger partial charge in [0.25, 0.3) is 0 Å². The number of hydrogen-bond acceptors (Lipinski definition) is 7. The van der Waals surface area contributed by atoms with Gasteiger partial charge in [-0.2, -0.15) is 0 Å². The molecule has 0 saturated carbocycles. The Morgan fingerprint density at radius 1 is 1.19 bits per heavy atom. The normalized spacial score (nSPS) is 17.4. The Hall–Kier alpha value is -2.63. The van der Waals surface area contributed by atoms with Crippen LogP contribution in [0.4, 0.5) is 13.2 Å². The first kappa shape index (κ1) is 24.0. The van der Waals surface area contributed by atoms with E-state index in [1.54, 1.807) is 23.1 Å². The van der Waals surface area contributed by atoms with Crippen molar-refractivity contribution < 1.29 is 42.4 Å². The molecule has 1 saturated heterocycles. The topological polar surface area (TPSA) is 88.5 Å². The van der Waals surface area contributed by atoms with E-state index in [-0.39, 0.29) is 30.6 Å². The number of carbonyl (C=O) groups is 1. The molecule has 2 N–H and O–H groups in total. The van der Waals surface area contributed by atoms with Crippen LogP contribution in [0.5, 0.6) is 17.2 Å². The van der Waals surface area contributed by atoms with E-state index in [1.165, 1.54) is 43.1 Å². The summed E-state index contributed by atoms with van der Waals surface area (Å²) in [6.45, 7) is -0.460. The van der Waals surface area contributed by atoms with Crippen LogP contribution >= 0.6 is 11.8 Å². The number of aliphatic hydroxyl groups is 2. The van der Waals surface area contributed by atoms with Gasteiger partial charge in [0.2, 0.25) is 5.91 Å². The zero-order chi connectivity index (χ0) is 23.3. The SMILES string of the molecule is COc1cccc(OC[C@H](O)CO)c1C1SCC(=O)N1Cc1ccc(OC(F)(F)F)cc1. The summed E-state index contributed by atoms with van der Waals surface area (Å²) in [5.74, 6) is 0.581. The molecule has 3 rings (SSSR count). The number of methoxy groups -OCH3 is 1. The molecule has 7 nitrogen and oxygen atoms in total. The van der Waals surface area contributed by atoms with Gasteiger partial charge in [-0.25, -0.2) is 0 Å². The average Bonchev–Trinajstić information content (AvgIpc) is 3.11. The molecule has 1 fully saturated rings. The van der Waals surface area contributed by atoms with Crippen LogP contribution in [0, 0.1) is 0 Å². The van der Waals surface area contributed by atoms with E-state index < -0.39 is 24.4 Å². The summed E-state index contributed by atoms with van der Waals surface area (Å²) in [6, 6.07) is 10.4. The van der Waals surface area contributed by atoms with Crippen LogP contribution in [0.2, 0.25) is 0 Å². The molecule has 1 unspecified atom stereocenters. The van der Waals surface area contributed by atoms with Crippen molar-refractivity contribution in [2.24, 2.45) is 0 Å². The van der Waals surface area contributed by atoms with Gasteiger partial charge in [0.1, 0.15) is 35.3 Å². The lowest BCUT2D eigenvalue weighted by atomic mass is 10.1. The molecule has 1 aliphatic heterocycles. The summed E-state index contributed by atoms with van der Waals surface area (Å²) >= 11 is 1.36. The Labute approximate surface area is 186 Å². The number of carbonyl (C=O) groups excluding carboxylic acids is 1. The van der Waals surface area contributed by atoms with Gasteiger partial charge < -0.3 is 29.3 Å². The number of halogens is 3. The third-order valence-electron chi connectivity index (χ3n) is 4.61. The van der Waals surface area contributed by atoms with E-state index in [0.717, 1.165) is 0 Å². The highest BCUT2D eigenvalue weighted by Gasteiger charge is 2.37. The van der Waals surface area contributed by atoms with Crippen molar-refractivity contribution in [2.75, 3.05) is 26.1 Å². The van der Waals surface area contributed by atoms with Crippen molar-refractivity contribution in [2.45, 2.75) is 24.4 Å². The molecular weight excluding hydrogens is 451 g/mol. The predicted octanol–water partition coefficient (Wildman–Crippen LogP) is 3.10. The minimum atomic E-state index is -4.78. The number of rotatable bonds is 9. The van der Waals surface area contributed by atoms with Crippen LogP contribution in [0.15, 0.2) is 42.5 Å². The molecule has 2 aromatic rings. The monoisotopic (exact) mass is 473 g/mol. The van der Waals surface area contributed by atoms with Gasteiger partial charge in [0, 0.05) is 6.54 Å². The van der Waals surface area contributed by atoms with Crippen LogP contribution in [0.25, 0.3) is 0 Å². The van der Waals surface area contributed by atoms with Crippen molar-refractivity contribution in [1.82, 2.24) is 4.90 Å². The van der Waals surface area contributed by atoms with E-state index in [9.17, 15) is 23.1 Å². The molecule has 0 aliphatic carbocycles. The van der Waals surface area contributed by atoms with Crippen molar-refractivity contribution >= 4 is 17.7 Å². The smallest absolute Gasteiger partial charge is 0.496 e. The van der Waals surface area contributed by atoms with Crippen LogP contribution in [0.1, 0.15) is 16.5 Å². The highest BCUT2D eigenvalue weighted by atomic mass is 32.2. The Bertz CT molecular complexity index is 925. The average molecular weight is 473 g/mol. The lowest BCUT2D eigenvalue weighted by Crippen LogP contribution is -2.28. The quantitative estimate of drug-likeness (QED) is 0.579. The first-order valence-corrected chi connectivity index (χ1v) is 10.6. The number of benzene rings is 2. The lowest BCUT2D eigenvalue weighted by molar-refractivity contribution is -0.274. The maximum atomic E-state index is 12.6. The predicted molar refractivity (Wildman–Crippen MR) is 110 cm³/mol.